The summed E-state index contributed by atoms with van der Waals surface area (Å²) in [5.74, 6) is -0.507. The Hall–Kier alpha value is -2.14. The van der Waals surface area contributed by atoms with Crippen LogP contribution in [0, 0.1) is 6.92 Å². The number of amides is 2. The molecule has 0 aliphatic heterocycles. The van der Waals surface area contributed by atoms with Crippen molar-refractivity contribution < 1.29 is 9.59 Å². The van der Waals surface area contributed by atoms with Gasteiger partial charge in [-0.15, -0.1) is 0 Å². The molecule has 2 N–H and O–H groups in total. The third kappa shape index (κ3) is 4.66. The lowest BCUT2D eigenvalue weighted by molar-refractivity contribution is -0.115. The van der Waals surface area contributed by atoms with E-state index in [9.17, 15) is 9.59 Å². The van der Waals surface area contributed by atoms with Crippen molar-refractivity contribution in [1.29, 1.82) is 0 Å². The third-order valence-electron chi connectivity index (χ3n) is 3.52. The second kappa shape index (κ2) is 7.92. The average molecular weight is 375 g/mol. The van der Waals surface area contributed by atoms with E-state index in [-0.39, 0.29) is 18.4 Å². The first-order valence-corrected chi connectivity index (χ1v) is 8.22. The molecule has 0 saturated heterocycles. The number of para-hydroxylation sites is 1. The number of aryl methyl sites for hydroxylation is 2. The molecular weight excluding hydrogens is 356 g/mol. The molecular formula is C18H19BrN2O2. The van der Waals surface area contributed by atoms with Crippen LogP contribution in [0.15, 0.2) is 46.9 Å². The van der Waals surface area contributed by atoms with Gasteiger partial charge in [0.25, 0.3) is 5.91 Å². The molecule has 5 heteroatoms. The molecule has 0 spiro atoms. The van der Waals surface area contributed by atoms with Crippen LogP contribution in [0.25, 0.3) is 0 Å². The van der Waals surface area contributed by atoms with E-state index in [0.29, 0.717) is 5.56 Å². The van der Waals surface area contributed by atoms with E-state index >= 15 is 0 Å². The second-order valence-electron chi connectivity index (χ2n) is 5.20. The molecule has 0 atom stereocenters. The van der Waals surface area contributed by atoms with Crippen molar-refractivity contribution in [1.82, 2.24) is 5.32 Å². The number of hydrogen-bond acceptors (Lipinski definition) is 2. The van der Waals surface area contributed by atoms with Gasteiger partial charge in [0.1, 0.15) is 0 Å². The smallest absolute Gasteiger partial charge is 0.251 e. The van der Waals surface area contributed by atoms with Gasteiger partial charge in [0.15, 0.2) is 0 Å². The van der Waals surface area contributed by atoms with Crippen LogP contribution in [0.3, 0.4) is 0 Å². The van der Waals surface area contributed by atoms with Crippen LogP contribution in [0.1, 0.15) is 28.4 Å². The van der Waals surface area contributed by atoms with Gasteiger partial charge in [-0.2, -0.15) is 0 Å². The maximum absolute atomic E-state index is 12.1. The van der Waals surface area contributed by atoms with Crippen LogP contribution >= 0.6 is 15.9 Å². The number of benzene rings is 2. The van der Waals surface area contributed by atoms with Gasteiger partial charge in [-0.1, -0.05) is 41.1 Å². The second-order valence-corrected chi connectivity index (χ2v) is 6.12. The predicted octanol–water partition coefficient (Wildman–Crippen LogP) is 3.69. The van der Waals surface area contributed by atoms with E-state index in [1.54, 1.807) is 24.3 Å². The molecule has 2 amide bonds. The monoisotopic (exact) mass is 374 g/mol. The quantitative estimate of drug-likeness (QED) is 0.838. The van der Waals surface area contributed by atoms with Crippen molar-refractivity contribution in [2.75, 3.05) is 11.9 Å². The highest BCUT2D eigenvalue weighted by Crippen LogP contribution is 2.20. The Labute approximate surface area is 144 Å². The molecule has 4 nitrogen and oxygen atoms in total. The Kier molecular flexibility index (Phi) is 5.93. The minimum Gasteiger partial charge on any atom is -0.343 e. The molecule has 0 saturated carbocycles. The summed E-state index contributed by atoms with van der Waals surface area (Å²) in [5.41, 5.74) is 3.44. The van der Waals surface area contributed by atoms with E-state index in [4.69, 9.17) is 0 Å². The van der Waals surface area contributed by atoms with Crippen molar-refractivity contribution in [3.05, 3.63) is 63.6 Å². The highest BCUT2D eigenvalue weighted by molar-refractivity contribution is 9.10. The summed E-state index contributed by atoms with van der Waals surface area (Å²) in [5, 5.41) is 5.51. The molecule has 23 heavy (non-hydrogen) atoms. The molecule has 0 radical (unpaired) electrons. The minimum atomic E-state index is -0.270. The molecule has 0 aliphatic carbocycles. The molecule has 2 rings (SSSR count). The van der Waals surface area contributed by atoms with Gasteiger partial charge in [0, 0.05) is 15.7 Å². The van der Waals surface area contributed by atoms with Gasteiger partial charge in [-0.3, -0.25) is 9.59 Å². The fraction of sp³-hybridized carbons (Fsp3) is 0.222. The first kappa shape index (κ1) is 17.2. The highest BCUT2D eigenvalue weighted by atomic mass is 79.9. The lowest BCUT2D eigenvalue weighted by Gasteiger charge is -2.13. The Morgan fingerprint density at radius 3 is 2.43 bits per heavy atom. The number of anilines is 1. The van der Waals surface area contributed by atoms with Gasteiger partial charge in [-0.05, 0) is 48.7 Å². The molecule has 0 fully saturated rings. The highest BCUT2D eigenvalue weighted by Gasteiger charge is 2.11. The lowest BCUT2D eigenvalue weighted by Crippen LogP contribution is -2.33. The summed E-state index contributed by atoms with van der Waals surface area (Å²) in [6.07, 6.45) is 0.836. The summed E-state index contributed by atoms with van der Waals surface area (Å²) in [4.78, 5) is 24.1. The van der Waals surface area contributed by atoms with Crippen LogP contribution in [-0.4, -0.2) is 18.4 Å². The van der Waals surface area contributed by atoms with Gasteiger partial charge >= 0.3 is 0 Å². The van der Waals surface area contributed by atoms with Crippen molar-refractivity contribution in [3.63, 3.8) is 0 Å². The Balaban J connectivity index is 1.95. The molecule has 0 aliphatic rings. The van der Waals surface area contributed by atoms with E-state index in [1.807, 2.05) is 32.0 Å². The molecule has 0 heterocycles. The summed E-state index contributed by atoms with van der Waals surface area (Å²) < 4.78 is 0.901. The standard InChI is InChI=1S/C18H19BrN2O2/c1-3-13-6-4-5-12(2)17(13)21-16(22)11-20-18(23)14-7-9-15(19)10-8-14/h4-10H,3,11H2,1-2H3,(H,20,23)(H,21,22). The Morgan fingerprint density at radius 2 is 1.78 bits per heavy atom. The Bertz CT molecular complexity index is 711. The predicted molar refractivity (Wildman–Crippen MR) is 95.7 cm³/mol. The first-order chi connectivity index (χ1) is 11.0. The van der Waals surface area contributed by atoms with Gasteiger partial charge in [0.05, 0.1) is 6.54 Å². The topological polar surface area (TPSA) is 58.2 Å². The van der Waals surface area contributed by atoms with Crippen LogP contribution < -0.4 is 10.6 Å². The number of carbonyl (C=O) groups excluding carboxylic acids is 2. The van der Waals surface area contributed by atoms with Crippen LogP contribution in [0.2, 0.25) is 0 Å². The molecule has 2 aromatic carbocycles. The van der Waals surface area contributed by atoms with Gasteiger partial charge < -0.3 is 10.6 Å². The summed E-state index contributed by atoms with van der Waals surface area (Å²) in [6, 6.07) is 12.9. The summed E-state index contributed by atoms with van der Waals surface area (Å²) in [7, 11) is 0. The zero-order chi connectivity index (χ0) is 16.8. The molecule has 0 unspecified atom stereocenters. The third-order valence-corrected chi connectivity index (χ3v) is 4.05. The number of halogens is 1. The average Bonchev–Trinajstić information content (AvgIpc) is 2.55. The molecule has 120 valence electrons. The SMILES string of the molecule is CCc1cccc(C)c1NC(=O)CNC(=O)c1ccc(Br)cc1. The number of hydrogen-bond donors (Lipinski definition) is 2. The zero-order valence-electron chi connectivity index (χ0n) is 13.2. The molecule has 0 aromatic heterocycles. The minimum absolute atomic E-state index is 0.0631. The van der Waals surface area contributed by atoms with E-state index < -0.39 is 0 Å². The van der Waals surface area contributed by atoms with Gasteiger partial charge in [-0.25, -0.2) is 0 Å². The molecule has 0 bridgehead atoms. The fourth-order valence-electron chi connectivity index (χ4n) is 2.25. The van der Waals surface area contributed by atoms with E-state index in [1.165, 1.54) is 0 Å². The summed E-state index contributed by atoms with van der Waals surface area (Å²) in [6.45, 7) is 3.93. The number of rotatable bonds is 5. The Morgan fingerprint density at radius 1 is 1.09 bits per heavy atom. The van der Waals surface area contributed by atoms with Crippen molar-refractivity contribution in [3.8, 4) is 0 Å². The van der Waals surface area contributed by atoms with Gasteiger partial charge in [0.2, 0.25) is 5.91 Å². The van der Waals surface area contributed by atoms with Crippen LogP contribution in [-0.2, 0) is 11.2 Å². The number of carbonyl (C=O) groups is 2. The molecule has 2 aromatic rings. The zero-order valence-corrected chi connectivity index (χ0v) is 14.7. The van der Waals surface area contributed by atoms with Crippen LogP contribution in [0.4, 0.5) is 5.69 Å². The number of nitrogens with one attached hydrogen (secondary N) is 2. The van der Waals surface area contributed by atoms with E-state index in [2.05, 4.69) is 26.6 Å². The van der Waals surface area contributed by atoms with Crippen molar-refractivity contribution in [2.24, 2.45) is 0 Å². The van der Waals surface area contributed by atoms with Crippen molar-refractivity contribution in [2.45, 2.75) is 20.3 Å². The maximum Gasteiger partial charge on any atom is 0.251 e. The van der Waals surface area contributed by atoms with Crippen molar-refractivity contribution >= 4 is 33.4 Å². The first-order valence-electron chi connectivity index (χ1n) is 7.43. The maximum atomic E-state index is 12.1. The van der Waals surface area contributed by atoms with Crippen LogP contribution in [0.5, 0.6) is 0 Å². The lowest BCUT2D eigenvalue weighted by atomic mass is 10.1. The summed E-state index contributed by atoms with van der Waals surface area (Å²) >= 11 is 3.32. The largest absolute Gasteiger partial charge is 0.343 e. The normalized spacial score (nSPS) is 10.2. The van der Waals surface area contributed by atoms with E-state index in [0.717, 1.165) is 27.7 Å². The fourth-order valence-corrected chi connectivity index (χ4v) is 2.51.